The van der Waals surface area contributed by atoms with Crippen molar-refractivity contribution in [3.63, 3.8) is 0 Å². The molecule has 0 aromatic heterocycles. The Bertz CT molecular complexity index is 825. The number of amides is 3. The zero-order valence-corrected chi connectivity index (χ0v) is 15.6. The number of nitrogens with one attached hydrogen (secondary N) is 1. The molecule has 1 heterocycles. The Morgan fingerprint density at radius 3 is 2.78 bits per heavy atom. The molecule has 0 radical (unpaired) electrons. The van der Waals surface area contributed by atoms with Crippen LogP contribution in [0, 0.1) is 23.6 Å². The van der Waals surface area contributed by atoms with Gasteiger partial charge in [-0.25, -0.2) is 4.39 Å². The van der Waals surface area contributed by atoms with Gasteiger partial charge in [0.15, 0.2) is 0 Å². The van der Waals surface area contributed by atoms with E-state index < -0.39 is 17.0 Å². The highest BCUT2D eigenvalue weighted by Crippen LogP contribution is 2.48. The number of thioether (sulfide) groups is 1. The summed E-state index contributed by atoms with van der Waals surface area (Å²) in [6.07, 6.45) is 5.88. The third kappa shape index (κ3) is 3.65. The topological polar surface area (TPSA) is 66.5 Å². The molecule has 4 rings (SSSR count). The summed E-state index contributed by atoms with van der Waals surface area (Å²) in [6.45, 7) is 0.379. The summed E-state index contributed by atoms with van der Waals surface area (Å²) in [6, 6.07) is 6.10. The predicted molar refractivity (Wildman–Crippen MR) is 101 cm³/mol. The first-order chi connectivity index (χ1) is 13.0. The molecule has 1 aromatic rings. The maximum absolute atomic E-state index is 13.8. The van der Waals surface area contributed by atoms with Gasteiger partial charge in [0.1, 0.15) is 5.82 Å². The second-order valence-corrected chi connectivity index (χ2v) is 8.42. The number of halogens is 1. The maximum Gasteiger partial charge on any atom is 0.293 e. The normalized spacial score (nSPS) is 28.4. The molecule has 3 fully saturated rings. The van der Waals surface area contributed by atoms with Crippen LogP contribution in [-0.2, 0) is 9.59 Å². The lowest BCUT2D eigenvalue weighted by Crippen LogP contribution is -2.40. The lowest BCUT2D eigenvalue weighted by atomic mass is 9.88. The van der Waals surface area contributed by atoms with E-state index in [4.69, 9.17) is 0 Å². The van der Waals surface area contributed by atoms with Crippen molar-refractivity contribution in [2.75, 3.05) is 13.1 Å². The van der Waals surface area contributed by atoms with Gasteiger partial charge in [0, 0.05) is 24.6 Å². The SMILES string of the molecule is O=C(NCCN1C(=O)S/C(=C\c2ccccc2F)C1=O)C1CC2CCC1C2. The monoisotopic (exact) mass is 388 g/mol. The molecular weight excluding hydrogens is 367 g/mol. The Morgan fingerprint density at radius 2 is 2.07 bits per heavy atom. The van der Waals surface area contributed by atoms with Gasteiger partial charge >= 0.3 is 0 Å². The van der Waals surface area contributed by atoms with Crippen LogP contribution >= 0.6 is 11.8 Å². The van der Waals surface area contributed by atoms with Gasteiger partial charge in [-0.2, -0.15) is 0 Å². The van der Waals surface area contributed by atoms with Crippen LogP contribution in [0.25, 0.3) is 6.08 Å². The summed E-state index contributed by atoms with van der Waals surface area (Å²) in [5.41, 5.74) is 0.271. The molecule has 3 aliphatic rings. The van der Waals surface area contributed by atoms with Crippen molar-refractivity contribution in [3.05, 3.63) is 40.6 Å². The first-order valence-corrected chi connectivity index (χ1v) is 10.1. The first kappa shape index (κ1) is 18.2. The van der Waals surface area contributed by atoms with Gasteiger partial charge < -0.3 is 5.32 Å². The van der Waals surface area contributed by atoms with Crippen molar-refractivity contribution in [2.24, 2.45) is 17.8 Å². The fraction of sp³-hybridized carbons (Fsp3) is 0.450. The minimum absolute atomic E-state index is 0.0380. The summed E-state index contributed by atoms with van der Waals surface area (Å²) in [5, 5.41) is 2.49. The van der Waals surface area contributed by atoms with Crippen molar-refractivity contribution in [1.82, 2.24) is 10.2 Å². The maximum atomic E-state index is 13.8. The quantitative estimate of drug-likeness (QED) is 0.785. The fourth-order valence-corrected chi connectivity index (χ4v) is 5.27. The highest BCUT2D eigenvalue weighted by Gasteiger charge is 2.43. The van der Waals surface area contributed by atoms with E-state index in [-0.39, 0.29) is 35.4 Å². The van der Waals surface area contributed by atoms with Gasteiger partial charge in [0.2, 0.25) is 5.91 Å². The van der Waals surface area contributed by atoms with E-state index in [1.165, 1.54) is 18.6 Å². The molecule has 3 unspecified atom stereocenters. The molecule has 2 bridgehead atoms. The van der Waals surface area contributed by atoms with Crippen molar-refractivity contribution >= 4 is 34.9 Å². The smallest absolute Gasteiger partial charge is 0.293 e. The van der Waals surface area contributed by atoms with Crippen LogP contribution in [-0.4, -0.2) is 35.0 Å². The van der Waals surface area contributed by atoms with E-state index in [9.17, 15) is 18.8 Å². The fourth-order valence-electron chi connectivity index (χ4n) is 4.41. The van der Waals surface area contributed by atoms with E-state index >= 15 is 0 Å². The Hall–Kier alpha value is -2.15. The van der Waals surface area contributed by atoms with Crippen molar-refractivity contribution in [1.29, 1.82) is 0 Å². The standard InChI is InChI=1S/C20H21FN2O3S/c21-16-4-2-1-3-14(16)11-17-19(25)23(20(26)27-17)8-7-22-18(24)15-10-12-5-6-13(15)9-12/h1-4,11-13,15H,5-10H2,(H,22,24)/b17-11-. The van der Waals surface area contributed by atoms with Gasteiger partial charge in [0.25, 0.3) is 11.1 Å². The second kappa shape index (κ2) is 7.46. The third-order valence-electron chi connectivity index (χ3n) is 5.77. The molecule has 7 heteroatoms. The second-order valence-electron chi connectivity index (χ2n) is 7.43. The van der Waals surface area contributed by atoms with Crippen molar-refractivity contribution in [2.45, 2.75) is 25.7 Å². The average molecular weight is 388 g/mol. The highest BCUT2D eigenvalue weighted by molar-refractivity contribution is 8.18. The van der Waals surface area contributed by atoms with Gasteiger partial charge in [-0.15, -0.1) is 0 Å². The minimum atomic E-state index is -0.442. The molecule has 1 aliphatic heterocycles. The number of carbonyl (C=O) groups is 3. The van der Waals surface area contributed by atoms with Gasteiger partial charge in [-0.05, 0) is 55.0 Å². The lowest BCUT2D eigenvalue weighted by molar-refractivity contribution is -0.127. The lowest BCUT2D eigenvalue weighted by Gasteiger charge is -2.21. The van der Waals surface area contributed by atoms with Crippen LogP contribution < -0.4 is 5.32 Å². The van der Waals surface area contributed by atoms with Crippen LogP contribution in [0.1, 0.15) is 31.2 Å². The molecule has 1 N–H and O–H groups in total. The number of hydrogen-bond donors (Lipinski definition) is 1. The Kier molecular flexibility index (Phi) is 5.04. The summed E-state index contributed by atoms with van der Waals surface area (Å²) in [4.78, 5) is 38.2. The number of carbonyl (C=O) groups excluding carboxylic acids is 3. The van der Waals surface area contributed by atoms with E-state index in [1.807, 2.05) is 0 Å². The molecule has 2 saturated carbocycles. The summed E-state index contributed by atoms with van der Waals surface area (Å²) in [5.74, 6) is 0.423. The molecule has 2 aliphatic carbocycles. The molecule has 5 nitrogen and oxygen atoms in total. The Balaban J connectivity index is 1.33. The van der Waals surface area contributed by atoms with Crippen LogP contribution in [0.2, 0.25) is 0 Å². The predicted octanol–water partition coefficient (Wildman–Crippen LogP) is 3.41. The van der Waals surface area contributed by atoms with Crippen molar-refractivity contribution < 1.29 is 18.8 Å². The molecule has 0 spiro atoms. The van der Waals surface area contributed by atoms with E-state index in [0.29, 0.717) is 11.8 Å². The molecule has 3 atom stereocenters. The molecular formula is C20H21FN2O3S. The Labute approximate surface area is 161 Å². The number of imide groups is 1. The van der Waals surface area contributed by atoms with Crippen LogP contribution in [0.3, 0.4) is 0 Å². The molecule has 142 valence electrons. The van der Waals surface area contributed by atoms with Gasteiger partial charge in [0.05, 0.1) is 4.91 Å². The number of fused-ring (bicyclic) bond motifs is 2. The average Bonchev–Trinajstić information content (AvgIpc) is 3.34. The molecule has 27 heavy (non-hydrogen) atoms. The largest absolute Gasteiger partial charge is 0.354 e. The van der Waals surface area contributed by atoms with Crippen LogP contribution in [0.5, 0.6) is 0 Å². The number of rotatable bonds is 5. The van der Waals surface area contributed by atoms with Crippen LogP contribution in [0.15, 0.2) is 29.2 Å². The van der Waals surface area contributed by atoms with Crippen molar-refractivity contribution in [3.8, 4) is 0 Å². The Morgan fingerprint density at radius 1 is 1.26 bits per heavy atom. The zero-order chi connectivity index (χ0) is 19.0. The van der Waals surface area contributed by atoms with E-state index in [0.717, 1.165) is 35.9 Å². The first-order valence-electron chi connectivity index (χ1n) is 9.30. The minimum Gasteiger partial charge on any atom is -0.354 e. The number of benzene rings is 1. The molecule has 3 amide bonds. The third-order valence-corrected chi connectivity index (χ3v) is 6.68. The van der Waals surface area contributed by atoms with E-state index in [1.54, 1.807) is 18.2 Å². The summed E-state index contributed by atoms with van der Waals surface area (Å²) >= 11 is 0.798. The van der Waals surface area contributed by atoms with E-state index in [2.05, 4.69) is 5.32 Å². The summed E-state index contributed by atoms with van der Waals surface area (Å²) in [7, 11) is 0. The van der Waals surface area contributed by atoms with Crippen LogP contribution in [0.4, 0.5) is 9.18 Å². The number of nitrogens with zero attached hydrogens (tertiary/aromatic N) is 1. The van der Waals surface area contributed by atoms with Gasteiger partial charge in [-0.1, -0.05) is 24.6 Å². The summed E-state index contributed by atoms with van der Waals surface area (Å²) < 4.78 is 13.8. The zero-order valence-electron chi connectivity index (χ0n) is 14.8. The van der Waals surface area contributed by atoms with Gasteiger partial charge in [-0.3, -0.25) is 19.3 Å². The molecule has 1 aromatic carbocycles. The number of hydrogen-bond acceptors (Lipinski definition) is 4. The highest BCUT2D eigenvalue weighted by atomic mass is 32.2. The molecule has 1 saturated heterocycles.